The van der Waals surface area contributed by atoms with Gasteiger partial charge in [0.05, 0.1) is 12.5 Å². The second-order valence-corrected chi connectivity index (χ2v) is 7.13. The fraction of sp³-hybridized carbons (Fsp3) is 0.391. The normalized spacial score (nSPS) is 16.1. The van der Waals surface area contributed by atoms with Gasteiger partial charge in [-0.05, 0) is 41.8 Å². The zero-order chi connectivity index (χ0) is 20.6. The van der Waals surface area contributed by atoms with Crippen molar-refractivity contribution in [2.24, 2.45) is 5.92 Å². The van der Waals surface area contributed by atoms with Crippen LogP contribution in [0.2, 0.25) is 0 Å². The van der Waals surface area contributed by atoms with Crippen LogP contribution >= 0.6 is 0 Å². The minimum atomic E-state index is -0.338. The van der Waals surface area contributed by atoms with Crippen molar-refractivity contribution in [2.75, 3.05) is 31.8 Å². The second kappa shape index (κ2) is 10.1. The highest BCUT2D eigenvalue weighted by Gasteiger charge is 2.34. The third-order valence-corrected chi connectivity index (χ3v) is 5.07. The summed E-state index contributed by atoms with van der Waals surface area (Å²) in [6, 6.07) is 15.6. The van der Waals surface area contributed by atoms with Crippen molar-refractivity contribution in [2.45, 2.75) is 26.3 Å². The zero-order valence-corrected chi connectivity index (χ0v) is 17.0. The Morgan fingerprint density at radius 2 is 1.93 bits per heavy atom. The molecule has 6 heteroatoms. The van der Waals surface area contributed by atoms with Crippen LogP contribution in [-0.2, 0) is 27.3 Å². The molecule has 0 radical (unpaired) electrons. The Morgan fingerprint density at radius 3 is 2.66 bits per heavy atom. The molecular weight excluding hydrogens is 368 g/mol. The Morgan fingerprint density at radius 1 is 1.14 bits per heavy atom. The van der Waals surface area contributed by atoms with Gasteiger partial charge in [0, 0.05) is 32.3 Å². The minimum Gasteiger partial charge on any atom is -0.491 e. The van der Waals surface area contributed by atoms with Gasteiger partial charge in [0.2, 0.25) is 11.8 Å². The average molecular weight is 396 g/mol. The maximum Gasteiger partial charge on any atom is 0.227 e. The summed E-state index contributed by atoms with van der Waals surface area (Å²) in [5.74, 6) is 0.292. The summed E-state index contributed by atoms with van der Waals surface area (Å²) >= 11 is 0. The lowest BCUT2D eigenvalue weighted by atomic mass is 10.1. The minimum absolute atomic E-state index is 0.0112. The summed E-state index contributed by atoms with van der Waals surface area (Å²) in [6.07, 6.45) is 1.19. The van der Waals surface area contributed by atoms with Crippen molar-refractivity contribution in [3.05, 3.63) is 59.7 Å². The first-order valence-electron chi connectivity index (χ1n) is 9.98. The van der Waals surface area contributed by atoms with Gasteiger partial charge in [0.15, 0.2) is 0 Å². The highest BCUT2D eigenvalue weighted by atomic mass is 16.5. The molecule has 29 heavy (non-hydrogen) atoms. The fourth-order valence-corrected chi connectivity index (χ4v) is 3.37. The van der Waals surface area contributed by atoms with Gasteiger partial charge in [-0.15, -0.1) is 0 Å². The number of hydrogen-bond acceptors (Lipinski definition) is 4. The second-order valence-electron chi connectivity index (χ2n) is 7.13. The van der Waals surface area contributed by atoms with Crippen LogP contribution in [-0.4, -0.2) is 38.7 Å². The van der Waals surface area contributed by atoms with Gasteiger partial charge >= 0.3 is 0 Å². The van der Waals surface area contributed by atoms with Crippen molar-refractivity contribution in [1.29, 1.82) is 0 Å². The number of rotatable bonds is 9. The number of aryl methyl sites for hydroxylation is 1. The summed E-state index contributed by atoms with van der Waals surface area (Å²) < 4.78 is 10.6. The van der Waals surface area contributed by atoms with E-state index in [1.165, 1.54) is 5.56 Å². The summed E-state index contributed by atoms with van der Waals surface area (Å²) in [6.45, 7) is 3.91. The number of hydrogen-bond donors (Lipinski definition) is 1. The average Bonchev–Trinajstić information content (AvgIpc) is 3.14. The molecule has 0 bridgehead atoms. The number of carbonyl (C=O) groups excluding carboxylic acids is 2. The van der Waals surface area contributed by atoms with Gasteiger partial charge < -0.3 is 19.7 Å². The molecule has 1 heterocycles. The molecule has 1 atom stereocenters. The Labute approximate surface area is 171 Å². The third-order valence-electron chi connectivity index (χ3n) is 5.07. The number of ether oxygens (including phenoxy) is 2. The number of nitrogens with zero attached hydrogens (tertiary/aromatic N) is 1. The number of carbonyl (C=O) groups is 2. The maximum absolute atomic E-state index is 12.6. The molecule has 1 aliphatic heterocycles. The highest BCUT2D eigenvalue weighted by molar-refractivity contribution is 6.00. The van der Waals surface area contributed by atoms with Crippen molar-refractivity contribution >= 4 is 17.5 Å². The summed E-state index contributed by atoms with van der Waals surface area (Å²) in [4.78, 5) is 26.7. The van der Waals surface area contributed by atoms with E-state index in [0.29, 0.717) is 26.3 Å². The van der Waals surface area contributed by atoms with E-state index in [-0.39, 0.29) is 24.2 Å². The lowest BCUT2D eigenvalue weighted by Gasteiger charge is -2.17. The highest BCUT2D eigenvalue weighted by Crippen LogP contribution is 2.25. The van der Waals surface area contributed by atoms with Crippen LogP contribution < -0.4 is 15.0 Å². The van der Waals surface area contributed by atoms with Crippen LogP contribution in [0.4, 0.5) is 5.69 Å². The molecule has 6 nitrogen and oxygen atoms in total. The number of anilines is 1. The first kappa shape index (κ1) is 20.9. The molecule has 1 aliphatic rings. The summed E-state index contributed by atoms with van der Waals surface area (Å²) in [5.41, 5.74) is 3.02. The van der Waals surface area contributed by atoms with Crippen molar-refractivity contribution in [3.8, 4) is 5.75 Å². The summed E-state index contributed by atoms with van der Waals surface area (Å²) in [7, 11) is 1.63. The standard InChI is InChI=1S/C23H28N2O4/c1-3-17-7-9-20(10-8-17)25-16-19(14-22(25)26)23(27)24-15-18-5-4-6-21(13-18)29-12-11-28-2/h4-10,13,19H,3,11-12,14-16H2,1-2H3,(H,24,27). The molecule has 1 unspecified atom stereocenters. The molecule has 2 aromatic rings. The maximum atomic E-state index is 12.6. The number of benzene rings is 2. The van der Waals surface area contributed by atoms with Gasteiger partial charge in [0.25, 0.3) is 0 Å². The van der Waals surface area contributed by atoms with E-state index in [4.69, 9.17) is 9.47 Å². The monoisotopic (exact) mass is 396 g/mol. The lowest BCUT2D eigenvalue weighted by molar-refractivity contribution is -0.126. The first-order chi connectivity index (χ1) is 14.1. The van der Waals surface area contributed by atoms with Crippen molar-refractivity contribution < 1.29 is 19.1 Å². The number of methoxy groups -OCH3 is 1. The molecule has 3 rings (SSSR count). The van der Waals surface area contributed by atoms with Gasteiger partial charge in [-0.1, -0.05) is 31.2 Å². The SMILES string of the molecule is CCc1ccc(N2CC(C(=O)NCc3cccc(OCCOC)c3)CC2=O)cc1. The van der Waals surface area contributed by atoms with E-state index < -0.39 is 0 Å². The third kappa shape index (κ3) is 5.57. The predicted octanol–water partition coefficient (Wildman–Crippen LogP) is 2.94. The van der Waals surface area contributed by atoms with Gasteiger partial charge in [-0.25, -0.2) is 0 Å². The van der Waals surface area contributed by atoms with Gasteiger partial charge in [-0.3, -0.25) is 9.59 Å². The van der Waals surface area contributed by atoms with E-state index in [1.807, 2.05) is 48.5 Å². The molecule has 0 aromatic heterocycles. The quantitative estimate of drug-likeness (QED) is 0.662. The Kier molecular flexibility index (Phi) is 7.25. The van der Waals surface area contributed by atoms with E-state index in [1.54, 1.807) is 12.0 Å². The van der Waals surface area contributed by atoms with E-state index in [9.17, 15) is 9.59 Å². The van der Waals surface area contributed by atoms with E-state index >= 15 is 0 Å². The molecular formula is C23H28N2O4. The Balaban J connectivity index is 1.53. The molecule has 1 saturated heterocycles. The van der Waals surface area contributed by atoms with Crippen molar-refractivity contribution in [3.63, 3.8) is 0 Å². The molecule has 154 valence electrons. The molecule has 2 aromatic carbocycles. The first-order valence-corrected chi connectivity index (χ1v) is 9.98. The topological polar surface area (TPSA) is 67.9 Å². The molecule has 2 amide bonds. The molecule has 0 spiro atoms. The smallest absolute Gasteiger partial charge is 0.227 e. The van der Waals surface area contributed by atoms with Crippen LogP contribution in [0.25, 0.3) is 0 Å². The van der Waals surface area contributed by atoms with Gasteiger partial charge in [-0.2, -0.15) is 0 Å². The van der Waals surface area contributed by atoms with Crippen molar-refractivity contribution in [1.82, 2.24) is 5.32 Å². The van der Waals surface area contributed by atoms with Crippen LogP contribution in [0.3, 0.4) is 0 Å². The largest absolute Gasteiger partial charge is 0.491 e. The molecule has 0 saturated carbocycles. The number of amides is 2. The zero-order valence-electron chi connectivity index (χ0n) is 17.0. The van der Waals surface area contributed by atoms with E-state index in [2.05, 4.69) is 12.2 Å². The lowest BCUT2D eigenvalue weighted by Crippen LogP contribution is -2.32. The van der Waals surface area contributed by atoms with Crippen LogP contribution in [0.1, 0.15) is 24.5 Å². The molecule has 1 fully saturated rings. The van der Waals surface area contributed by atoms with E-state index in [0.717, 1.165) is 23.4 Å². The predicted molar refractivity (Wildman–Crippen MR) is 112 cm³/mol. The fourth-order valence-electron chi connectivity index (χ4n) is 3.37. The Bertz CT molecular complexity index is 835. The van der Waals surface area contributed by atoms with Gasteiger partial charge in [0.1, 0.15) is 12.4 Å². The molecule has 1 N–H and O–H groups in total. The van der Waals surface area contributed by atoms with Crippen LogP contribution in [0.5, 0.6) is 5.75 Å². The molecule has 0 aliphatic carbocycles. The Hall–Kier alpha value is -2.86. The number of nitrogens with one attached hydrogen (secondary N) is 1. The summed E-state index contributed by atoms with van der Waals surface area (Å²) in [5, 5.41) is 2.95. The van der Waals surface area contributed by atoms with Crippen LogP contribution in [0, 0.1) is 5.92 Å². The van der Waals surface area contributed by atoms with Crippen LogP contribution in [0.15, 0.2) is 48.5 Å².